The molecule has 0 aromatic heterocycles. The second-order valence-corrected chi connectivity index (χ2v) is 6.60. The molecule has 1 rings (SSSR count). The predicted octanol–water partition coefficient (Wildman–Crippen LogP) is 3.60. The molecule has 0 aliphatic rings. The third kappa shape index (κ3) is 4.74. The molecule has 0 aliphatic heterocycles. The molecule has 0 bridgehead atoms. The van der Waals surface area contributed by atoms with Gasteiger partial charge in [0.05, 0.1) is 5.56 Å². The van der Waals surface area contributed by atoms with Crippen LogP contribution in [-0.4, -0.2) is 18.5 Å². The Morgan fingerprint density at radius 2 is 1.78 bits per heavy atom. The summed E-state index contributed by atoms with van der Waals surface area (Å²) >= 11 is 0. The van der Waals surface area contributed by atoms with E-state index in [0.29, 0.717) is 0 Å². The van der Waals surface area contributed by atoms with Crippen LogP contribution in [0.3, 0.4) is 0 Å². The van der Waals surface area contributed by atoms with Crippen molar-refractivity contribution in [3.8, 4) is 0 Å². The van der Waals surface area contributed by atoms with Crippen LogP contribution in [0.2, 0.25) is 0 Å². The first kappa shape index (κ1) is 14.5. The van der Waals surface area contributed by atoms with Crippen molar-refractivity contribution in [1.29, 1.82) is 4.78 Å². The number of nitrogens with zero attached hydrogens (tertiary/aromatic N) is 1. The zero-order valence-electron chi connectivity index (χ0n) is 9.71. The van der Waals surface area contributed by atoms with E-state index in [1.165, 1.54) is 12.5 Å². The van der Waals surface area contributed by atoms with Gasteiger partial charge in [-0.15, -0.1) is 0 Å². The summed E-state index contributed by atoms with van der Waals surface area (Å²) in [6.45, 7) is 0. The van der Waals surface area contributed by atoms with Gasteiger partial charge in [-0.1, -0.05) is 9.62 Å². The number of urea groups is 1. The number of carbonyl (C=O) groups excluding carboxylic acids is 1. The van der Waals surface area contributed by atoms with Crippen molar-refractivity contribution in [2.24, 2.45) is 4.36 Å². The van der Waals surface area contributed by atoms with Crippen LogP contribution in [0.5, 0.6) is 0 Å². The Labute approximate surface area is 103 Å². The van der Waals surface area contributed by atoms with E-state index in [9.17, 15) is 18.0 Å². The molecule has 2 amide bonds. The summed E-state index contributed by atoms with van der Waals surface area (Å²) in [5.41, 5.74) is -0.579. The van der Waals surface area contributed by atoms with Crippen molar-refractivity contribution < 1.29 is 18.0 Å². The average Bonchev–Trinajstić information content (AvgIpc) is 2.13. The minimum absolute atomic E-state index is 0.209. The normalized spacial score (nSPS) is 12.1. The fraction of sp³-hybridized carbons (Fsp3) is 0.300. The Kier molecular flexibility index (Phi) is 4.00. The van der Waals surface area contributed by atoms with Gasteiger partial charge < -0.3 is 5.32 Å². The number of amides is 2. The first-order valence-corrected chi connectivity index (χ1v) is 7.18. The van der Waals surface area contributed by atoms with Crippen molar-refractivity contribution in [2.45, 2.75) is 6.18 Å². The molecule has 8 heteroatoms. The Hall–Kier alpha value is -1.57. The maximum Gasteiger partial charge on any atom is 0.416 e. The number of rotatable bonds is 1. The molecule has 0 unspecified atom stereocenters. The molecular weight excluding hydrogens is 267 g/mol. The average molecular weight is 279 g/mol. The second-order valence-electron chi connectivity index (χ2n) is 3.87. The van der Waals surface area contributed by atoms with Gasteiger partial charge in [-0.25, -0.2) is 4.79 Å². The summed E-state index contributed by atoms with van der Waals surface area (Å²) in [5.74, 6) is 0. The predicted molar refractivity (Wildman–Crippen MR) is 64.8 cm³/mol. The largest absolute Gasteiger partial charge is 0.416 e. The Morgan fingerprint density at radius 3 is 2.17 bits per heavy atom. The summed E-state index contributed by atoms with van der Waals surface area (Å²) in [7, 11) is -2.09. The third-order valence-electron chi connectivity index (χ3n) is 1.77. The van der Waals surface area contributed by atoms with Crippen LogP contribution >= 0.6 is 0 Å². The van der Waals surface area contributed by atoms with Gasteiger partial charge in [-0.2, -0.15) is 17.5 Å². The number of hydrogen-bond acceptors (Lipinski definition) is 2. The molecule has 100 valence electrons. The van der Waals surface area contributed by atoms with Crippen molar-refractivity contribution >= 4 is 21.3 Å². The van der Waals surface area contributed by atoms with E-state index in [-0.39, 0.29) is 5.69 Å². The first-order valence-electron chi connectivity index (χ1n) is 4.77. The van der Waals surface area contributed by atoms with Gasteiger partial charge in [-0.05, 0) is 24.3 Å². The van der Waals surface area contributed by atoms with Gasteiger partial charge >= 0.3 is 12.2 Å². The highest BCUT2D eigenvalue weighted by atomic mass is 32.2. The van der Waals surface area contributed by atoms with E-state index in [2.05, 4.69) is 9.68 Å². The molecule has 0 spiro atoms. The van der Waals surface area contributed by atoms with E-state index in [1.54, 1.807) is 0 Å². The molecule has 2 N–H and O–H groups in total. The molecule has 0 radical (unpaired) electrons. The van der Waals surface area contributed by atoms with Gasteiger partial charge in [0.2, 0.25) is 0 Å². The fourth-order valence-electron chi connectivity index (χ4n) is 1.10. The van der Waals surface area contributed by atoms with Crippen LogP contribution in [0.25, 0.3) is 0 Å². The standard InChI is InChI=1S/C10H12F3N3OS/c1-18(2,14)16-9(17)15-8-5-3-7(4-6-8)10(11,12)13/h3-6,14H,1-2H3,(H,15,17). The maximum atomic E-state index is 12.3. The summed E-state index contributed by atoms with van der Waals surface area (Å²) in [5, 5.41) is 2.31. The van der Waals surface area contributed by atoms with Crippen LogP contribution < -0.4 is 5.32 Å². The molecule has 0 saturated carbocycles. The number of nitrogens with one attached hydrogen (secondary N) is 2. The maximum absolute atomic E-state index is 12.3. The van der Waals surface area contributed by atoms with Gasteiger partial charge in [0, 0.05) is 18.2 Å². The number of halogens is 3. The Morgan fingerprint density at radius 1 is 1.28 bits per heavy atom. The molecule has 0 saturated heterocycles. The third-order valence-corrected chi connectivity index (χ3v) is 2.40. The van der Waals surface area contributed by atoms with E-state index in [1.807, 2.05) is 0 Å². The van der Waals surface area contributed by atoms with Crippen LogP contribution in [0, 0.1) is 4.78 Å². The number of hydrogen-bond donors (Lipinski definition) is 2. The molecule has 4 nitrogen and oxygen atoms in total. The topological polar surface area (TPSA) is 65.3 Å². The molecule has 0 aliphatic carbocycles. The molecule has 1 aromatic rings. The molecule has 0 fully saturated rings. The number of anilines is 1. The van der Waals surface area contributed by atoms with Gasteiger partial charge in [-0.3, -0.25) is 4.78 Å². The van der Waals surface area contributed by atoms with Crippen LogP contribution in [-0.2, 0) is 15.8 Å². The molecular formula is C10H12F3N3OS. The van der Waals surface area contributed by atoms with Gasteiger partial charge in [0.15, 0.2) is 0 Å². The highest BCUT2D eigenvalue weighted by Crippen LogP contribution is 2.29. The highest BCUT2D eigenvalue weighted by Gasteiger charge is 2.29. The van der Waals surface area contributed by atoms with Crippen LogP contribution in [0.4, 0.5) is 23.7 Å². The number of benzene rings is 1. The van der Waals surface area contributed by atoms with Crippen molar-refractivity contribution in [2.75, 3.05) is 17.8 Å². The molecule has 1 aromatic carbocycles. The van der Waals surface area contributed by atoms with Crippen LogP contribution in [0.1, 0.15) is 5.56 Å². The zero-order valence-corrected chi connectivity index (χ0v) is 10.5. The lowest BCUT2D eigenvalue weighted by molar-refractivity contribution is -0.137. The highest BCUT2D eigenvalue weighted by molar-refractivity contribution is 7.93. The Balaban J connectivity index is 2.83. The molecule has 18 heavy (non-hydrogen) atoms. The summed E-state index contributed by atoms with van der Waals surface area (Å²) in [6.07, 6.45) is -1.40. The SMILES string of the molecule is CS(C)(=N)=NC(=O)Nc1ccc(C(F)(F)F)cc1. The minimum Gasteiger partial charge on any atom is -0.306 e. The minimum atomic E-state index is -4.40. The zero-order chi connectivity index (χ0) is 14.0. The summed E-state index contributed by atoms with van der Waals surface area (Å²) in [6, 6.07) is 3.29. The van der Waals surface area contributed by atoms with Crippen LogP contribution in [0.15, 0.2) is 28.6 Å². The Bertz CT molecular complexity index is 549. The lowest BCUT2D eigenvalue weighted by Crippen LogP contribution is -2.09. The molecule has 0 heterocycles. The van der Waals surface area contributed by atoms with Gasteiger partial charge in [0.1, 0.15) is 0 Å². The second kappa shape index (κ2) is 4.97. The summed E-state index contributed by atoms with van der Waals surface area (Å²) < 4.78 is 47.8. The quantitative estimate of drug-likeness (QED) is 0.810. The molecule has 0 atom stereocenters. The van der Waals surface area contributed by atoms with E-state index in [4.69, 9.17) is 4.78 Å². The fourth-order valence-corrected chi connectivity index (χ4v) is 1.56. The van der Waals surface area contributed by atoms with Crippen molar-refractivity contribution in [1.82, 2.24) is 0 Å². The number of carbonyl (C=O) groups is 1. The van der Waals surface area contributed by atoms with Crippen molar-refractivity contribution in [3.05, 3.63) is 29.8 Å². The first-order chi connectivity index (χ1) is 8.08. The van der Waals surface area contributed by atoms with Gasteiger partial charge in [0.25, 0.3) is 0 Å². The summed E-state index contributed by atoms with van der Waals surface area (Å²) in [4.78, 5) is 11.3. The lowest BCUT2D eigenvalue weighted by Gasteiger charge is -2.07. The number of alkyl halides is 3. The van der Waals surface area contributed by atoms with E-state index in [0.717, 1.165) is 24.3 Å². The van der Waals surface area contributed by atoms with E-state index >= 15 is 0 Å². The monoisotopic (exact) mass is 279 g/mol. The smallest absolute Gasteiger partial charge is 0.306 e. The lowest BCUT2D eigenvalue weighted by atomic mass is 10.2. The van der Waals surface area contributed by atoms with E-state index < -0.39 is 27.4 Å². The van der Waals surface area contributed by atoms with Crippen molar-refractivity contribution in [3.63, 3.8) is 0 Å².